The van der Waals surface area contributed by atoms with Gasteiger partial charge in [-0.1, -0.05) is 0 Å². The lowest BCUT2D eigenvalue weighted by Crippen LogP contribution is -2.50. The molecule has 0 radical (unpaired) electrons. The minimum Gasteiger partial charge on any atom is -0.319 e. The molecule has 2 fully saturated rings. The first-order valence-electron chi connectivity index (χ1n) is 5.88. The molecule has 1 N–H and O–H groups in total. The highest BCUT2D eigenvalue weighted by Crippen LogP contribution is 2.32. The van der Waals surface area contributed by atoms with Gasteiger partial charge in [-0.25, -0.2) is 0 Å². The van der Waals surface area contributed by atoms with Crippen LogP contribution >= 0.6 is 11.8 Å². The van der Waals surface area contributed by atoms with Crippen molar-refractivity contribution in [2.24, 2.45) is 5.92 Å². The van der Waals surface area contributed by atoms with Crippen molar-refractivity contribution in [1.29, 1.82) is 0 Å². The van der Waals surface area contributed by atoms with Crippen molar-refractivity contribution in [2.75, 3.05) is 38.2 Å². The second-order valence-electron chi connectivity index (χ2n) is 4.46. The van der Waals surface area contributed by atoms with Gasteiger partial charge in [0.1, 0.15) is 0 Å². The molecule has 2 nitrogen and oxygen atoms in total. The highest BCUT2D eigenvalue weighted by molar-refractivity contribution is 7.99. The highest BCUT2D eigenvalue weighted by atomic mass is 32.2. The number of rotatable bonds is 3. The van der Waals surface area contributed by atoms with Gasteiger partial charge >= 0.3 is 0 Å². The Bertz CT molecular complexity index is 167. The third kappa shape index (κ3) is 2.44. The van der Waals surface area contributed by atoms with Gasteiger partial charge in [0.05, 0.1) is 0 Å². The van der Waals surface area contributed by atoms with Crippen LogP contribution in [0.25, 0.3) is 0 Å². The molecule has 2 atom stereocenters. The number of nitrogens with one attached hydrogen (secondary N) is 1. The smallest absolute Gasteiger partial charge is 0.0136 e. The average Bonchev–Trinajstić information content (AvgIpc) is 2.41. The molecule has 0 bridgehead atoms. The van der Waals surface area contributed by atoms with Gasteiger partial charge in [0.2, 0.25) is 0 Å². The quantitative estimate of drug-likeness (QED) is 0.765. The summed E-state index contributed by atoms with van der Waals surface area (Å²) in [5.41, 5.74) is 0. The van der Waals surface area contributed by atoms with E-state index in [1.165, 1.54) is 50.4 Å². The lowest BCUT2D eigenvalue weighted by molar-refractivity contribution is 0.0695. The zero-order chi connectivity index (χ0) is 9.80. The first kappa shape index (κ1) is 10.8. The fourth-order valence-electron chi connectivity index (χ4n) is 2.63. The summed E-state index contributed by atoms with van der Waals surface area (Å²) < 4.78 is 0. The number of hydrogen-bond donors (Lipinski definition) is 1. The molecule has 3 heteroatoms. The van der Waals surface area contributed by atoms with Crippen molar-refractivity contribution in [3.63, 3.8) is 0 Å². The highest BCUT2D eigenvalue weighted by Gasteiger charge is 2.34. The maximum atomic E-state index is 3.32. The van der Waals surface area contributed by atoms with E-state index in [-0.39, 0.29) is 0 Å². The Labute approximate surface area is 91.8 Å². The zero-order valence-electron chi connectivity index (χ0n) is 9.17. The minimum absolute atomic E-state index is 0.904. The molecule has 2 rings (SSSR count). The molecular formula is C11H22N2S. The van der Waals surface area contributed by atoms with Crippen LogP contribution in [0.5, 0.6) is 0 Å². The van der Waals surface area contributed by atoms with Gasteiger partial charge in [-0.05, 0) is 51.1 Å². The minimum atomic E-state index is 0.904. The molecule has 82 valence electrons. The summed E-state index contributed by atoms with van der Waals surface area (Å²) in [6.07, 6.45) is 4.28. The first-order chi connectivity index (χ1) is 6.92. The van der Waals surface area contributed by atoms with Crippen LogP contribution in [0.1, 0.15) is 19.3 Å². The van der Waals surface area contributed by atoms with Crippen LogP contribution in [0.2, 0.25) is 0 Å². The Morgan fingerprint density at radius 3 is 2.93 bits per heavy atom. The molecule has 0 aromatic heterocycles. The summed E-state index contributed by atoms with van der Waals surface area (Å²) in [5, 5.41) is 3.32. The Hall–Kier alpha value is 0.270. The van der Waals surface area contributed by atoms with Crippen LogP contribution in [-0.2, 0) is 0 Å². The lowest BCUT2D eigenvalue weighted by Gasteiger charge is -2.44. The van der Waals surface area contributed by atoms with Crippen molar-refractivity contribution in [3.05, 3.63) is 0 Å². The van der Waals surface area contributed by atoms with Crippen LogP contribution in [-0.4, -0.2) is 49.1 Å². The van der Waals surface area contributed by atoms with Crippen LogP contribution in [0.3, 0.4) is 0 Å². The van der Waals surface area contributed by atoms with E-state index in [4.69, 9.17) is 0 Å². The molecule has 0 amide bonds. The Kier molecular flexibility index (Phi) is 4.14. The number of hydrogen-bond acceptors (Lipinski definition) is 3. The SMILES string of the molecule is CNCC1CCC1N1CCCSCC1. The van der Waals surface area contributed by atoms with Gasteiger partial charge in [0, 0.05) is 18.3 Å². The van der Waals surface area contributed by atoms with E-state index in [1.807, 2.05) is 0 Å². The first-order valence-corrected chi connectivity index (χ1v) is 7.03. The van der Waals surface area contributed by atoms with E-state index < -0.39 is 0 Å². The molecular weight excluding hydrogens is 192 g/mol. The van der Waals surface area contributed by atoms with Crippen molar-refractivity contribution in [2.45, 2.75) is 25.3 Å². The molecule has 1 saturated carbocycles. The molecule has 1 heterocycles. The lowest BCUT2D eigenvalue weighted by atomic mass is 9.78. The zero-order valence-corrected chi connectivity index (χ0v) is 9.98. The second kappa shape index (κ2) is 5.38. The summed E-state index contributed by atoms with van der Waals surface area (Å²) >= 11 is 2.13. The predicted octanol–water partition coefficient (Wildman–Crippen LogP) is 1.42. The van der Waals surface area contributed by atoms with Gasteiger partial charge in [-0.3, -0.25) is 4.90 Å². The van der Waals surface area contributed by atoms with Crippen LogP contribution in [0, 0.1) is 5.92 Å². The molecule has 1 aliphatic carbocycles. The number of nitrogens with zero attached hydrogens (tertiary/aromatic N) is 1. The van der Waals surface area contributed by atoms with Gasteiger partial charge in [0.15, 0.2) is 0 Å². The van der Waals surface area contributed by atoms with Crippen molar-refractivity contribution in [1.82, 2.24) is 10.2 Å². The van der Waals surface area contributed by atoms with Crippen LogP contribution < -0.4 is 5.32 Å². The predicted molar refractivity (Wildman–Crippen MR) is 64.0 cm³/mol. The van der Waals surface area contributed by atoms with E-state index in [2.05, 4.69) is 29.0 Å². The monoisotopic (exact) mass is 214 g/mol. The van der Waals surface area contributed by atoms with Gasteiger partial charge in [0.25, 0.3) is 0 Å². The second-order valence-corrected chi connectivity index (χ2v) is 5.69. The van der Waals surface area contributed by atoms with E-state index in [1.54, 1.807) is 0 Å². The largest absolute Gasteiger partial charge is 0.319 e. The Balaban J connectivity index is 1.80. The van der Waals surface area contributed by atoms with Gasteiger partial charge < -0.3 is 5.32 Å². The average molecular weight is 214 g/mol. The maximum absolute atomic E-state index is 3.32. The number of thioether (sulfide) groups is 1. The Morgan fingerprint density at radius 1 is 1.29 bits per heavy atom. The molecule has 14 heavy (non-hydrogen) atoms. The van der Waals surface area contributed by atoms with E-state index in [9.17, 15) is 0 Å². The fourth-order valence-corrected chi connectivity index (χ4v) is 3.53. The summed E-state index contributed by atoms with van der Waals surface area (Å²) in [6, 6.07) is 0.904. The summed E-state index contributed by atoms with van der Waals surface area (Å²) in [5.74, 6) is 3.66. The fraction of sp³-hybridized carbons (Fsp3) is 1.00. The molecule has 2 unspecified atom stereocenters. The topological polar surface area (TPSA) is 15.3 Å². The molecule has 2 aliphatic rings. The summed E-state index contributed by atoms with van der Waals surface area (Å²) in [6.45, 7) is 3.89. The maximum Gasteiger partial charge on any atom is 0.0136 e. The summed E-state index contributed by atoms with van der Waals surface area (Å²) in [7, 11) is 2.08. The van der Waals surface area contributed by atoms with Gasteiger partial charge in [-0.15, -0.1) is 0 Å². The normalized spacial score (nSPS) is 34.9. The van der Waals surface area contributed by atoms with Crippen LogP contribution in [0.15, 0.2) is 0 Å². The third-order valence-corrected chi connectivity index (χ3v) is 4.62. The molecule has 0 aromatic rings. The molecule has 1 saturated heterocycles. The molecule has 0 spiro atoms. The summed E-state index contributed by atoms with van der Waals surface area (Å²) in [4.78, 5) is 2.74. The van der Waals surface area contributed by atoms with Crippen molar-refractivity contribution < 1.29 is 0 Å². The van der Waals surface area contributed by atoms with E-state index >= 15 is 0 Å². The Morgan fingerprint density at radius 2 is 2.21 bits per heavy atom. The van der Waals surface area contributed by atoms with E-state index in [0.717, 1.165) is 12.0 Å². The molecule has 0 aromatic carbocycles. The molecule has 1 aliphatic heterocycles. The van der Waals surface area contributed by atoms with Crippen molar-refractivity contribution in [3.8, 4) is 0 Å². The van der Waals surface area contributed by atoms with Gasteiger partial charge in [-0.2, -0.15) is 11.8 Å². The van der Waals surface area contributed by atoms with E-state index in [0.29, 0.717) is 0 Å². The standard InChI is InChI=1S/C11H22N2S/c1-12-9-10-3-4-11(10)13-5-2-7-14-8-6-13/h10-12H,2-9H2,1H3. The van der Waals surface area contributed by atoms with Crippen molar-refractivity contribution >= 4 is 11.8 Å². The van der Waals surface area contributed by atoms with Crippen LogP contribution in [0.4, 0.5) is 0 Å². The third-order valence-electron chi connectivity index (χ3n) is 3.57.